The van der Waals surface area contributed by atoms with Crippen molar-refractivity contribution in [1.82, 2.24) is 15.2 Å². The van der Waals surface area contributed by atoms with Gasteiger partial charge in [-0.25, -0.2) is 8.78 Å². The second kappa shape index (κ2) is 9.10. The average molecular weight is 466 g/mol. The number of rotatable bonds is 6. The molecular formula is C26H25F2N3O3. The highest BCUT2D eigenvalue weighted by Gasteiger charge is 2.39. The van der Waals surface area contributed by atoms with Gasteiger partial charge in [-0.05, 0) is 43.5 Å². The van der Waals surface area contributed by atoms with Crippen molar-refractivity contribution in [2.45, 2.75) is 43.8 Å². The van der Waals surface area contributed by atoms with Crippen molar-refractivity contribution >= 4 is 22.8 Å². The number of ether oxygens (including phenoxy) is 1. The first kappa shape index (κ1) is 22.4. The molecule has 2 aliphatic rings. The topological polar surface area (TPSA) is 71.5 Å². The molecule has 2 aromatic carbocycles. The number of fused-ring (bicyclic) bond motifs is 1. The van der Waals surface area contributed by atoms with Crippen LogP contribution in [0.1, 0.15) is 46.8 Å². The first-order valence-electron chi connectivity index (χ1n) is 11.4. The largest absolute Gasteiger partial charge is 0.468 e. The van der Waals surface area contributed by atoms with E-state index in [0.29, 0.717) is 11.5 Å². The summed E-state index contributed by atoms with van der Waals surface area (Å²) in [6.07, 6.45) is 2.42. The molecule has 1 aliphatic heterocycles. The van der Waals surface area contributed by atoms with Crippen molar-refractivity contribution < 1.29 is 23.1 Å². The molecule has 3 aromatic rings. The molecule has 5 rings (SSSR count). The summed E-state index contributed by atoms with van der Waals surface area (Å²) >= 11 is 0. The molecule has 1 N–H and O–H groups in total. The Balaban J connectivity index is 1.38. The fourth-order valence-corrected chi connectivity index (χ4v) is 4.69. The number of amides is 1. The third-order valence-corrected chi connectivity index (χ3v) is 6.61. The van der Waals surface area contributed by atoms with Crippen LogP contribution in [0.5, 0.6) is 0 Å². The highest BCUT2D eigenvalue weighted by molar-refractivity contribution is 6.06. The summed E-state index contributed by atoms with van der Waals surface area (Å²) in [7, 11) is 1.28. The molecule has 0 unspecified atom stereocenters. The zero-order valence-corrected chi connectivity index (χ0v) is 18.8. The van der Waals surface area contributed by atoms with E-state index < -0.39 is 23.6 Å². The number of carbonyl (C=O) groups is 2. The lowest BCUT2D eigenvalue weighted by molar-refractivity contribution is -0.146. The van der Waals surface area contributed by atoms with Crippen LogP contribution in [-0.2, 0) is 16.1 Å². The van der Waals surface area contributed by atoms with Gasteiger partial charge in [0.2, 0.25) is 0 Å². The predicted molar refractivity (Wildman–Crippen MR) is 122 cm³/mol. The van der Waals surface area contributed by atoms with E-state index in [-0.39, 0.29) is 37.0 Å². The second-order valence-corrected chi connectivity index (χ2v) is 8.96. The van der Waals surface area contributed by atoms with Crippen LogP contribution in [0.2, 0.25) is 0 Å². The van der Waals surface area contributed by atoms with E-state index in [1.807, 2.05) is 30.3 Å². The highest BCUT2D eigenvalue weighted by atomic mass is 19.1. The number of carbonyl (C=O) groups excluding carboxylic acids is 2. The van der Waals surface area contributed by atoms with E-state index in [0.717, 1.165) is 29.4 Å². The van der Waals surface area contributed by atoms with E-state index in [2.05, 4.69) is 5.32 Å². The van der Waals surface area contributed by atoms with Crippen LogP contribution in [0.15, 0.2) is 48.5 Å². The molecule has 0 bridgehead atoms. The third-order valence-electron chi connectivity index (χ3n) is 6.61. The minimum atomic E-state index is -0.717. The number of aromatic nitrogens is 1. The summed E-state index contributed by atoms with van der Waals surface area (Å²) in [5.74, 6) is -1.72. The van der Waals surface area contributed by atoms with E-state index in [1.54, 1.807) is 4.90 Å². The monoisotopic (exact) mass is 465 g/mol. The number of esters is 1. The molecule has 1 saturated heterocycles. The predicted octanol–water partition coefficient (Wildman–Crippen LogP) is 3.94. The van der Waals surface area contributed by atoms with Gasteiger partial charge in [0.1, 0.15) is 17.7 Å². The Morgan fingerprint density at radius 1 is 1.12 bits per heavy atom. The summed E-state index contributed by atoms with van der Waals surface area (Å²) in [4.78, 5) is 32.1. The van der Waals surface area contributed by atoms with Gasteiger partial charge in [0.15, 0.2) is 0 Å². The molecule has 2 atom stereocenters. The SMILES string of the molecule is COC(=O)[C@@H]1C[C@@H](NC(=O)c2cc(C3CC3)nc3ccccc23)CN1Cc1c(F)cccc1F. The van der Waals surface area contributed by atoms with E-state index in [9.17, 15) is 18.4 Å². The van der Waals surface area contributed by atoms with E-state index in [1.165, 1.54) is 25.3 Å². The van der Waals surface area contributed by atoms with Gasteiger partial charge in [-0.3, -0.25) is 19.5 Å². The quantitative estimate of drug-likeness (QED) is 0.559. The molecular weight excluding hydrogens is 440 g/mol. The molecule has 1 amide bonds. The lowest BCUT2D eigenvalue weighted by Gasteiger charge is -2.22. The smallest absolute Gasteiger partial charge is 0.323 e. The number of methoxy groups -OCH3 is 1. The number of likely N-dealkylation sites (tertiary alicyclic amines) is 1. The maximum absolute atomic E-state index is 14.2. The molecule has 1 aliphatic carbocycles. The third kappa shape index (κ3) is 4.37. The number of hydrogen-bond donors (Lipinski definition) is 1. The zero-order valence-electron chi connectivity index (χ0n) is 18.8. The standard InChI is InChI=1S/C26H25F2N3O3/c1-34-26(33)24-11-16(13-31(24)14-19-20(27)6-4-7-21(19)28)29-25(32)18-12-23(15-9-10-15)30-22-8-3-2-5-17(18)22/h2-8,12,15-16,24H,9-11,13-14H2,1H3,(H,29,32)/t16-,24+/m1/s1. The fraction of sp³-hybridized carbons (Fsp3) is 0.346. The molecule has 0 spiro atoms. The zero-order chi connectivity index (χ0) is 23.8. The number of nitrogens with zero attached hydrogens (tertiary/aromatic N) is 2. The van der Waals surface area contributed by atoms with Gasteiger partial charge < -0.3 is 10.1 Å². The van der Waals surface area contributed by atoms with Crippen molar-refractivity contribution in [2.24, 2.45) is 0 Å². The van der Waals surface area contributed by atoms with Crippen molar-refractivity contribution in [1.29, 1.82) is 0 Å². The van der Waals surface area contributed by atoms with Crippen molar-refractivity contribution in [2.75, 3.05) is 13.7 Å². The van der Waals surface area contributed by atoms with Gasteiger partial charge in [-0.1, -0.05) is 24.3 Å². The highest BCUT2D eigenvalue weighted by Crippen LogP contribution is 2.40. The van der Waals surface area contributed by atoms with Gasteiger partial charge in [-0.15, -0.1) is 0 Å². The van der Waals surface area contributed by atoms with Crippen LogP contribution in [-0.4, -0.2) is 47.5 Å². The molecule has 34 heavy (non-hydrogen) atoms. The Hall–Kier alpha value is -3.39. The van der Waals surface area contributed by atoms with Crippen LogP contribution >= 0.6 is 0 Å². The Bertz CT molecular complexity index is 1240. The maximum atomic E-state index is 14.2. The van der Waals surface area contributed by atoms with Gasteiger partial charge in [0, 0.05) is 41.7 Å². The van der Waals surface area contributed by atoms with Crippen LogP contribution in [0.4, 0.5) is 8.78 Å². The molecule has 0 radical (unpaired) electrons. The molecule has 8 heteroatoms. The Morgan fingerprint density at radius 2 is 1.85 bits per heavy atom. The molecule has 1 aromatic heterocycles. The Kier molecular flexibility index (Phi) is 6.00. The first-order chi connectivity index (χ1) is 16.4. The summed E-state index contributed by atoms with van der Waals surface area (Å²) in [6, 6.07) is 11.9. The van der Waals surface area contributed by atoms with Gasteiger partial charge in [0.25, 0.3) is 5.91 Å². The van der Waals surface area contributed by atoms with Crippen LogP contribution in [0.25, 0.3) is 10.9 Å². The number of nitrogens with one attached hydrogen (secondary N) is 1. The molecule has 1 saturated carbocycles. The number of pyridine rings is 1. The molecule has 176 valence electrons. The van der Waals surface area contributed by atoms with Crippen molar-refractivity contribution in [3.8, 4) is 0 Å². The summed E-state index contributed by atoms with van der Waals surface area (Å²) in [5, 5.41) is 3.79. The molecule has 2 heterocycles. The van der Waals surface area contributed by atoms with E-state index >= 15 is 0 Å². The van der Waals surface area contributed by atoms with E-state index in [4.69, 9.17) is 9.72 Å². The van der Waals surface area contributed by atoms with Crippen LogP contribution in [0, 0.1) is 11.6 Å². The lowest BCUT2D eigenvalue weighted by atomic mass is 10.0. The summed E-state index contributed by atoms with van der Waals surface area (Å²) in [6.45, 7) is 0.159. The normalized spacial score (nSPS) is 20.4. The van der Waals surface area contributed by atoms with Crippen LogP contribution < -0.4 is 5.32 Å². The molecule has 2 fully saturated rings. The Labute approximate surface area is 195 Å². The minimum absolute atomic E-state index is 0.103. The molecule has 6 nitrogen and oxygen atoms in total. The second-order valence-electron chi connectivity index (χ2n) is 8.96. The summed E-state index contributed by atoms with van der Waals surface area (Å²) in [5.41, 5.74) is 2.12. The lowest BCUT2D eigenvalue weighted by Crippen LogP contribution is -2.38. The Morgan fingerprint density at radius 3 is 2.56 bits per heavy atom. The fourth-order valence-electron chi connectivity index (χ4n) is 4.69. The number of halogens is 2. The van der Waals surface area contributed by atoms with Gasteiger partial charge in [0.05, 0.1) is 18.2 Å². The number of benzene rings is 2. The van der Waals surface area contributed by atoms with Gasteiger partial charge in [-0.2, -0.15) is 0 Å². The number of hydrogen-bond acceptors (Lipinski definition) is 5. The van der Waals surface area contributed by atoms with Crippen molar-refractivity contribution in [3.63, 3.8) is 0 Å². The van der Waals surface area contributed by atoms with Crippen molar-refractivity contribution in [3.05, 3.63) is 77.0 Å². The maximum Gasteiger partial charge on any atom is 0.323 e. The van der Waals surface area contributed by atoms with Crippen LogP contribution in [0.3, 0.4) is 0 Å². The summed E-state index contributed by atoms with van der Waals surface area (Å²) < 4.78 is 33.4. The number of para-hydroxylation sites is 1. The first-order valence-corrected chi connectivity index (χ1v) is 11.4. The van der Waals surface area contributed by atoms with Gasteiger partial charge >= 0.3 is 5.97 Å². The minimum Gasteiger partial charge on any atom is -0.468 e. The average Bonchev–Trinajstić information content (AvgIpc) is 3.61.